The quantitative estimate of drug-likeness (QED) is 0.446. The van der Waals surface area contributed by atoms with E-state index in [4.69, 9.17) is 4.74 Å². The Morgan fingerprint density at radius 3 is 2.74 bits per heavy atom. The second kappa shape index (κ2) is 9.61. The lowest BCUT2D eigenvalue weighted by molar-refractivity contribution is -0.115. The standard InChI is InChI=1S/C22H21N7O4S/c30-19-14-3-1-2-4-15(14)25-17(26-19)5-6-23-21-24-13(11-16-20(31)28-22(32)34-16)12-18(27-21)29-7-9-33-10-8-29/h1-4,11-12H,5-10H2,(H,23,24,27)(H,25,26,30)(H,28,31,32)/b16-11+. The van der Waals surface area contributed by atoms with Gasteiger partial charge in [0.05, 0.1) is 34.7 Å². The van der Waals surface area contributed by atoms with Crippen molar-refractivity contribution in [3.05, 3.63) is 57.1 Å². The molecule has 0 bridgehead atoms. The number of nitrogens with one attached hydrogen (secondary N) is 3. The summed E-state index contributed by atoms with van der Waals surface area (Å²) in [6, 6.07) is 8.96. The first-order chi connectivity index (χ1) is 16.5. The molecule has 4 heterocycles. The number of carbonyl (C=O) groups excluding carboxylic acids is 2. The summed E-state index contributed by atoms with van der Waals surface area (Å²) in [7, 11) is 0. The van der Waals surface area contributed by atoms with Crippen LogP contribution in [0.5, 0.6) is 0 Å². The van der Waals surface area contributed by atoms with Gasteiger partial charge in [-0.05, 0) is 30.0 Å². The van der Waals surface area contributed by atoms with Gasteiger partial charge in [0.25, 0.3) is 16.7 Å². The van der Waals surface area contributed by atoms with Crippen LogP contribution in [-0.4, -0.2) is 63.9 Å². The molecule has 2 fully saturated rings. The van der Waals surface area contributed by atoms with E-state index < -0.39 is 11.1 Å². The second-order valence-electron chi connectivity index (χ2n) is 7.63. The van der Waals surface area contributed by atoms with Crippen LogP contribution in [0.3, 0.4) is 0 Å². The maximum absolute atomic E-state index is 12.3. The summed E-state index contributed by atoms with van der Waals surface area (Å²) in [6.45, 7) is 2.98. The zero-order valence-electron chi connectivity index (χ0n) is 18.0. The number of anilines is 2. The van der Waals surface area contributed by atoms with E-state index in [9.17, 15) is 14.4 Å². The minimum absolute atomic E-state index is 0.179. The molecule has 0 atom stereocenters. The Balaban J connectivity index is 1.37. The number of nitrogens with zero attached hydrogens (tertiary/aromatic N) is 4. The summed E-state index contributed by atoms with van der Waals surface area (Å²) in [5.74, 6) is 1.18. The minimum atomic E-state index is -0.442. The number of hydrogen-bond acceptors (Lipinski definition) is 10. The van der Waals surface area contributed by atoms with Gasteiger partial charge in [-0.25, -0.2) is 9.97 Å². The van der Waals surface area contributed by atoms with Crippen molar-refractivity contribution < 1.29 is 14.3 Å². The molecule has 0 spiro atoms. The van der Waals surface area contributed by atoms with Crippen LogP contribution < -0.4 is 21.1 Å². The highest BCUT2D eigenvalue weighted by Gasteiger charge is 2.25. The summed E-state index contributed by atoms with van der Waals surface area (Å²) >= 11 is 0.838. The lowest BCUT2D eigenvalue weighted by Gasteiger charge is -2.28. The summed E-state index contributed by atoms with van der Waals surface area (Å²) in [4.78, 5) is 54.6. The van der Waals surface area contributed by atoms with E-state index in [1.54, 1.807) is 30.3 Å². The van der Waals surface area contributed by atoms with Crippen LogP contribution in [0.4, 0.5) is 16.6 Å². The Hall–Kier alpha value is -3.77. The van der Waals surface area contributed by atoms with Gasteiger partial charge in [0.1, 0.15) is 11.6 Å². The number of carbonyl (C=O) groups is 2. The third-order valence-corrected chi connectivity index (χ3v) is 6.11. The lowest BCUT2D eigenvalue weighted by Crippen LogP contribution is -2.37. The molecule has 0 aliphatic carbocycles. The fraction of sp³-hybridized carbons (Fsp3) is 0.273. The number of thioether (sulfide) groups is 1. The molecule has 2 aliphatic heterocycles. The number of ether oxygens (including phenoxy) is 1. The molecular weight excluding hydrogens is 458 g/mol. The molecule has 1 aromatic carbocycles. The van der Waals surface area contributed by atoms with Gasteiger partial charge in [-0.2, -0.15) is 4.98 Å². The number of benzene rings is 1. The highest BCUT2D eigenvalue weighted by Crippen LogP contribution is 2.26. The largest absolute Gasteiger partial charge is 0.378 e. The van der Waals surface area contributed by atoms with Crippen LogP contribution in [0.2, 0.25) is 0 Å². The highest BCUT2D eigenvalue weighted by atomic mass is 32.2. The number of rotatable bonds is 6. The number of H-pyrrole nitrogens is 1. The van der Waals surface area contributed by atoms with Crippen LogP contribution in [0.25, 0.3) is 17.0 Å². The van der Waals surface area contributed by atoms with E-state index in [2.05, 4.69) is 35.5 Å². The number of para-hydroxylation sites is 1. The number of hydrogen-bond donors (Lipinski definition) is 3. The summed E-state index contributed by atoms with van der Waals surface area (Å²) in [5.41, 5.74) is 0.966. The Kier molecular flexibility index (Phi) is 6.23. The first-order valence-corrected chi connectivity index (χ1v) is 11.6. The van der Waals surface area contributed by atoms with Gasteiger partial charge in [0, 0.05) is 32.1 Å². The molecule has 3 N–H and O–H groups in total. The first-order valence-electron chi connectivity index (χ1n) is 10.7. The van der Waals surface area contributed by atoms with Crippen molar-refractivity contribution >= 4 is 51.7 Å². The first kappa shape index (κ1) is 22.0. The monoisotopic (exact) mass is 479 g/mol. The Bertz CT molecular complexity index is 1350. The number of amides is 2. The van der Waals surface area contributed by atoms with Gasteiger partial charge in [-0.1, -0.05) is 12.1 Å². The average Bonchev–Trinajstić information content (AvgIpc) is 3.16. The number of aromatic nitrogens is 4. The molecule has 2 aliphatic rings. The van der Waals surface area contributed by atoms with E-state index in [1.165, 1.54) is 0 Å². The van der Waals surface area contributed by atoms with Crippen molar-refractivity contribution in [2.24, 2.45) is 0 Å². The zero-order chi connectivity index (χ0) is 23.5. The maximum atomic E-state index is 12.3. The predicted octanol–water partition coefficient (Wildman–Crippen LogP) is 1.53. The molecule has 2 amide bonds. The molecule has 12 heteroatoms. The molecule has 5 rings (SSSR count). The maximum Gasteiger partial charge on any atom is 0.290 e. The van der Waals surface area contributed by atoms with Crippen LogP contribution in [-0.2, 0) is 16.0 Å². The minimum Gasteiger partial charge on any atom is -0.378 e. The van der Waals surface area contributed by atoms with Crippen molar-refractivity contribution in [2.75, 3.05) is 43.1 Å². The molecule has 11 nitrogen and oxygen atoms in total. The lowest BCUT2D eigenvalue weighted by atomic mass is 10.2. The van der Waals surface area contributed by atoms with Crippen molar-refractivity contribution in [3.63, 3.8) is 0 Å². The summed E-state index contributed by atoms with van der Waals surface area (Å²) < 4.78 is 5.43. The van der Waals surface area contributed by atoms with E-state index >= 15 is 0 Å². The molecule has 2 aromatic heterocycles. The number of imide groups is 1. The van der Waals surface area contributed by atoms with E-state index in [1.807, 2.05) is 6.07 Å². The van der Waals surface area contributed by atoms with Gasteiger partial charge >= 0.3 is 0 Å². The zero-order valence-corrected chi connectivity index (χ0v) is 18.9. The molecular formula is C22H21N7O4S. The molecule has 174 valence electrons. The third-order valence-electron chi connectivity index (χ3n) is 5.30. The van der Waals surface area contributed by atoms with Crippen molar-refractivity contribution in [3.8, 4) is 0 Å². The van der Waals surface area contributed by atoms with Crippen LogP contribution in [0.1, 0.15) is 11.5 Å². The van der Waals surface area contributed by atoms with Gasteiger partial charge in [0.2, 0.25) is 5.95 Å². The Labute approximate surface area is 198 Å². The number of fused-ring (bicyclic) bond motifs is 1. The average molecular weight is 480 g/mol. The second-order valence-corrected chi connectivity index (χ2v) is 8.65. The fourth-order valence-corrected chi connectivity index (χ4v) is 4.33. The SMILES string of the molecule is O=C1NC(=O)/C(=C\c2cc(N3CCOCC3)nc(NCCc3nc4ccccc4c(=O)[nH]3)n2)S1. The smallest absolute Gasteiger partial charge is 0.290 e. The number of morpholine rings is 1. The van der Waals surface area contributed by atoms with Crippen molar-refractivity contribution in [1.29, 1.82) is 0 Å². The van der Waals surface area contributed by atoms with Gasteiger partial charge in [-0.3, -0.25) is 19.7 Å². The van der Waals surface area contributed by atoms with Gasteiger partial charge < -0.3 is 19.9 Å². The van der Waals surface area contributed by atoms with E-state index in [-0.39, 0.29) is 10.5 Å². The predicted molar refractivity (Wildman–Crippen MR) is 129 cm³/mol. The normalized spacial score (nSPS) is 17.4. The van der Waals surface area contributed by atoms with Crippen LogP contribution in [0, 0.1) is 0 Å². The van der Waals surface area contributed by atoms with Crippen LogP contribution >= 0.6 is 11.8 Å². The van der Waals surface area contributed by atoms with Crippen molar-refractivity contribution in [1.82, 2.24) is 25.3 Å². The number of aromatic amines is 1. The highest BCUT2D eigenvalue weighted by molar-refractivity contribution is 8.18. The summed E-state index contributed by atoms with van der Waals surface area (Å²) in [6.07, 6.45) is 2.03. The fourth-order valence-electron chi connectivity index (χ4n) is 3.66. The van der Waals surface area contributed by atoms with E-state index in [0.29, 0.717) is 73.5 Å². The Morgan fingerprint density at radius 1 is 1.12 bits per heavy atom. The van der Waals surface area contributed by atoms with E-state index in [0.717, 1.165) is 11.8 Å². The molecule has 0 saturated carbocycles. The Morgan fingerprint density at radius 2 is 1.94 bits per heavy atom. The molecule has 3 aromatic rings. The molecule has 2 saturated heterocycles. The molecule has 34 heavy (non-hydrogen) atoms. The third kappa shape index (κ3) is 4.92. The van der Waals surface area contributed by atoms with Crippen molar-refractivity contribution in [2.45, 2.75) is 6.42 Å². The van der Waals surface area contributed by atoms with Gasteiger partial charge in [-0.15, -0.1) is 0 Å². The van der Waals surface area contributed by atoms with Gasteiger partial charge in [0.15, 0.2) is 0 Å². The molecule has 0 unspecified atom stereocenters. The van der Waals surface area contributed by atoms with Crippen LogP contribution in [0.15, 0.2) is 40.0 Å². The molecule has 0 radical (unpaired) electrons. The topological polar surface area (TPSA) is 142 Å². The summed E-state index contributed by atoms with van der Waals surface area (Å²) in [5, 5.41) is 5.56.